The quantitative estimate of drug-likeness (QED) is 0.597. The van der Waals surface area contributed by atoms with E-state index < -0.39 is 28.9 Å². The molecule has 1 aliphatic heterocycles. The van der Waals surface area contributed by atoms with Crippen LogP contribution < -0.4 is 10.6 Å². The Balaban J connectivity index is 2.72. The highest BCUT2D eigenvalue weighted by Gasteiger charge is 2.47. The fourth-order valence-corrected chi connectivity index (χ4v) is 1.89. The zero-order chi connectivity index (χ0) is 15.6. The van der Waals surface area contributed by atoms with Crippen LogP contribution >= 0.6 is 0 Å². The molecule has 0 aromatic rings. The van der Waals surface area contributed by atoms with Crippen molar-refractivity contribution in [2.75, 3.05) is 13.2 Å². The van der Waals surface area contributed by atoms with Gasteiger partial charge in [0.15, 0.2) is 0 Å². The molecule has 0 aromatic heterocycles. The summed E-state index contributed by atoms with van der Waals surface area (Å²) in [6, 6.07) is -0.559. The smallest absolute Gasteiger partial charge is 0.325 e. The second-order valence-corrected chi connectivity index (χ2v) is 5.63. The second kappa shape index (κ2) is 5.78. The van der Waals surface area contributed by atoms with Gasteiger partial charge in [0.2, 0.25) is 5.91 Å². The molecule has 0 aliphatic carbocycles. The number of aliphatic hydroxyl groups is 1. The first-order valence-corrected chi connectivity index (χ1v) is 6.77. The first kappa shape index (κ1) is 16.4. The Morgan fingerprint density at radius 1 is 1.45 bits per heavy atom. The molecule has 1 heterocycles. The van der Waals surface area contributed by atoms with E-state index in [0.717, 1.165) is 4.90 Å². The van der Waals surface area contributed by atoms with E-state index in [0.29, 0.717) is 12.8 Å². The summed E-state index contributed by atoms with van der Waals surface area (Å²) >= 11 is 0. The van der Waals surface area contributed by atoms with Gasteiger partial charge in [0.25, 0.3) is 5.91 Å². The lowest BCUT2D eigenvalue weighted by atomic mass is 9.99. The SMILES string of the molecule is CCC(C)(CO)NC(=O)CN1C(=O)NC(C)(CC)C1=O. The molecule has 0 saturated carbocycles. The van der Waals surface area contributed by atoms with Crippen LogP contribution in [0.5, 0.6) is 0 Å². The molecular weight excluding hydrogens is 262 g/mol. The summed E-state index contributed by atoms with van der Waals surface area (Å²) in [6.45, 7) is 6.42. The van der Waals surface area contributed by atoms with Crippen LogP contribution in [0.1, 0.15) is 40.5 Å². The third-order valence-corrected chi connectivity index (χ3v) is 3.92. The van der Waals surface area contributed by atoms with Crippen molar-refractivity contribution in [3.8, 4) is 0 Å². The molecule has 7 nitrogen and oxygen atoms in total. The fraction of sp³-hybridized carbons (Fsp3) is 0.769. The molecule has 114 valence electrons. The second-order valence-electron chi connectivity index (χ2n) is 5.63. The van der Waals surface area contributed by atoms with Crippen molar-refractivity contribution in [1.29, 1.82) is 0 Å². The van der Waals surface area contributed by atoms with E-state index in [2.05, 4.69) is 10.6 Å². The zero-order valence-electron chi connectivity index (χ0n) is 12.4. The van der Waals surface area contributed by atoms with Gasteiger partial charge in [-0.15, -0.1) is 0 Å². The van der Waals surface area contributed by atoms with Gasteiger partial charge in [0.05, 0.1) is 12.1 Å². The summed E-state index contributed by atoms with van der Waals surface area (Å²) in [5.74, 6) is -0.866. The van der Waals surface area contributed by atoms with Gasteiger partial charge in [-0.3, -0.25) is 14.5 Å². The normalized spacial score (nSPS) is 25.4. The van der Waals surface area contributed by atoms with E-state index in [1.54, 1.807) is 20.8 Å². The van der Waals surface area contributed by atoms with E-state index in [9.17, 15) is 19.5 Å². The molecule has 20 heavy (non-hydrogen) atoms. The minimum atomic E-state index is -0.942. The van der Waals surface area contributed by atoms with Crippen LogP contribution in [0.15, 0.2) is 0 Å². The number of rotatable bonds is 6. The maximum Gasteiger partial charge on any atom is 0.325 e. The number of carbonyl (C=O) groups excluding carboxylic acids is 3. The van der Waals surface area contributed by atoms with Gasteiger partial charge in [0.1, 0.15) is 12.1 Å². The van der Waals surface area contributed by atoms with Crippen LogP contribution in [0.2, 0.25) is 0 Å². The van der Waals surface area contributed by atoms with E-state index in [1.807, 2.05) is 6.92 Å². The van der Waals surface area contributed by atoms with Crippen molar-refractivity contribution in [2.45, 2.75) is 51.6 Å². The molecule has 4 amide bonds. The minimum absolute atomic E-state index is 0.206. The molecule has 7 heteroatoms. The van der Waals surface area contributed by atoms with Gasteiger partial charge in [-0.25, -0.2) is 4.79 Å². The Hall–Kier alpha value is -1.63. The Kier molecular flexibility index (Phi) is 4.75. The molecule has 0 spiro atoms. The lowest BCUT2D eigenvalue weighted by molar-refractivity contribution is -0.135. The predicted molar refractivity (Wildman–Crippen MR) is 72.9 cm³/mol. The fourth-order valence-electron chi connectivity index (χ4n) is 1.89. The van der Waals surface area contributed by atoms with Crippen LogP contribution in [-0.4, -0.2) is 52.1 Å². The van der Waals surface area contributed by atoms with Crippen molar-refractivity contribution in [1.82, 2.24) is 15.5 Å². The highest BCUT2D eigenvalue weighted by atomic mass is 16.3. The van der Waals surface area contributed by atoms with Gasteiger partial charge in [-0.1, -0.05) is 13.8 Å². The summed E-state index contributed by atoms with van der Waals surface area (Å²) in [4.78, 5) is 36.7. The van der Waals surface area contributed by atoms with Gasteiger partial charge < -0.3 is 15.7 Å². The Morgan fingerprint density at radius 3 is 2.45 bits per heavy atom. The van der Waals surface area contributed by atoms with E-state index in [-0.39, 0.29) is 13.2 Å². The van der Waals surface area contributed by atoms with Crippen molar-refractivity contribution in [3.63, 3.8) is 0 Å². The van der Waals surface area contributed by atoms with Crippen LogP contribution in [0.4, 0.5) is 4.79 Å². The maximum atomic E-state index is 12.1. The standard InChI is InChI=1S/C13H23N3O4/c1-5-12(3,8-17)14-9(18)7-16-10(19)13(4,6-2)15-11(16)20/h17H,5-8H2,1-4H3,(H,14,18)(H,15,20). The number of imide groups is 1. The molecule has 1 saturated heterocycles. The van der Waals surface area contributed by atoms with Crippen molar-refractivity contribution >= 4 is 17.8 Å². The summed E-state index contributed by atoms with van der Waals surface area (Å²) in [5, 5.41) is 14.5. The summed E-state index contributed by atoms with van der Waals surface area (Å²) in [6.07, 6.45) is 1.00. The van der Waals surface area contributed by atoms with Crippen molar-refractivity contribution in [3.05, 3.63) is 0 Å². The molecule has 2 unspecified atom stereocenters. The molecule has 0 radical (unpaired) electrons. The summed E-state index contributed by atoms with van der Waals surface area (Å²) in [7, 11) is 0. The largest absolute Gasteiger partial charge is 0.394 e. The van der Waals surface area contributed by atoms with E-state index in [1.165, 1.54) is 0 Å². The van der Waals surface area contributed by atoms with E-state index in [4.69, 9.17) is 0 Å². The molecule has 2 atom stereocenters. The average Bonchev–Trinajstić information content (AvgIpc) is 2.63. The van der Waals surface area contributed by atoms with Crippen LogP contribution in [0.3, 0.4) is 0 Å². The molecule has 1 fully saturated rings. The number of carbonyl (C=O) groups is 3. The molecular formula is C13H23N3O4. The van der Waals surface area contributed by atoms with Crippen LogP contribution in [0, 0.1) is 0 Å². The molecule has 1 rings (SSSR count). The average molecular weight is 285 g/mol. The Bertz CT molecular complexity index is 420. The maximum absolute atomic E-state index is 12.1. The number of amides is 4. The topological polar surface area (TPSA) is 98.7 Å². The highest BCUT2D eigenvalue weighted by Crippen LogP contribution is 2.20. The lowest BCUT2D eigenvalue weighted by Gasteiger charge is -2.28. The Morgan fingerprint density at radius 2 is 2.05 bits per heavy atom. The van der Waals surface area contributed by atoms with Crippen LogP contribution in [0.25, 0.3) is 0 Å². The zero-order valence-corrected chi connectivity index (χ0v) is 12.4. The highest BCUT2D eigenvalue weighted by molar-refractivity contribution is 6.08. The first-order chi connectivity index (χ1) is 9.21. The van der Waals surface area contributed by atoms with Gasteiger partial charge >= 0.3 is 6.03 Å². The number of hydrogen-bond donors (Lipinski definition) is 3. The monoisotopic (exact) mass is 285 g/mol. The number of nitrogens with one attached hydrogen (secondary N) is 2. The third kappa shape index (κ3) is 3.09. The summed E-state index contributed by atoms with van der Waals surface area (Å²) < 4.78 is 0. The third-order valence-electron chi connectivity index (χ3n) is 3.92. The van der Waals surface area contributed by atoms with Crippen molar-refractivity contribution < 1.29 is 19.5 Å². The first-order valence-electron chi connectivity index (χ1n) is 6.77. The molecule has 0 aromatic carbocycles. The summed E-state index contributed by atoms with van der Waals surface area (Å²) in [5.41, 5.74) is -1.69. The van der Waals surface area contributed by atoms with Crippen molar-refractivity contribution in [2.24, 2.45) is 0 Å². The number of hydrogen-bond acceptors (Lipinski definition) is 4. The number of aliphatic hydroxyl groups excluding tert-OH is 1. The van der Waals surface area contributed by atoms with Gasteiger partial charge in [0, 0.05) is 0 Å². The number of urea groups is 1. The predicted octanol–water partition coefficient (Wildman–Crippen LogP) is -0.0159. The van der Waals surface area contributed by atoms with E-state index >= 15 is 0 Å². The van der Waals surface area contributed by atoms with Gasteiger partial charge in [-0.2, -0.15) is 0 Å². The molecule has 1 aliphatic rings. The van der Waals surface area contributed by atoms with Crippen LogP contribution in [-0.2, 0) is 9.59 Å². The van der Waals surface area contributed by atoms with Gasteiger partial charge in [-0.05, 0) is 26.7 Å². The molecule has 3 N–H and O–H groups in total. The Labute approximate surface area is 118 Å². The lowest BCUT2D eigenvalue weighted by Crippen LogP contribution is -2.52. The molecule has 0 bridgehead atoms. The minimum Gasteiger partial charge on any atom is -0.394 e. The number of nitrogens with zero attached hydrogens (tertiary/aromatic N) is 1.